The van der Waals surface area contributed by atoms with Gasteiger partial charge in [0, 0.05) is 6.54 Å². The van der Waals surface area contributed by atoms with E-state index >= 15 is 0 Å². The summed E-state index contributed by atoms with van der Waals surface area (Å²) in [6, 6.07) is 4.67. The molecule has 0 saturated heterocycles. The van der Waals surface area contributed by atoms with E-state index in [2.05, 4.69) is 0 Å². The van der Waals surface area contributed by atoms with Crippen LogP contribution in [0.3, 0.4) is 0 Å². The molecule has 0 fully saturated rings. The van der Waals surface area contributed by atoms with Crippen molar-refractivity contribution in [2.24, 2.45) is 5.41 Å². The van der Waals surface area contributed by atoms with Gasteiger partial charge in [-0.25, -0.2) is 0 Å². The van der Waals surface area contributed by atoms with Crippen LogP contribution in [-0.4, -0.2) is 43.9 Å². The standard InChI is InChI=1S/C15H18F3NO5/c1-14(13(21)22,8-19-12(20)15(16,17)18)7-9-4-5-10(23-2)11(6-9)24-3/h4-6H,7-8H2,1-3H3,(H,19,20)(H,21,22). The van der Waals surface area contributed by atoms with Crippen molar-refractivity contribution in [3.8, 4) is 11.5 Å². The number of hydrogen-bond acceptors (Lipinski definition) is 4. The molecule has 1 rings (SSSR count). The van der Waals surface area contributed by atoms with E-state index in [0.717, 1.165) is 0 Å². The van der Waals surface area contributed by atoms with Crippen LogP contribution < -0.4 is 14.8 Å². The van der Waals surface area contributed by atoms with Crippen molar-refractivity contribution in [2.45, 2.75) is 19.5 Å². The van der Waals surface area contributed by atoms with Gasteiger partial charge in [-0.15, -0.1) is 0 Å². The molecule has 0 radical (unpaired) electrons. The third-order valence-corrected chi connectivity index (χ3v) is 3.46. The molecule has 0 aromatic heterocycles. The van der Waals surface area contributed by atoms with E-state index in [-0.39, 0.29) is 6.42 Å². The highest BCUT2D eigenvalue weighted by atomic mass is 19.4. The summed E-state index contributed by atoms with van der Waals surface area (Å²) in [4.78, 5) is 22.4. The van der Waals surface area contributed by atoms with Crippen molar-refractivity contribution in [1.29, 1.82) is 0 Å². The van der Waals surface area contributed by atoms with Crippen molar-refractivity contribution in [1.82, 2.24) is 5.32 Å². The fraction of sp³-hybridized carbons (Fsp3) is 0.467. The minimum atomic E-state index is -5.07. The van der Waals surface area contributed by atoms with Crippen molar-refractivity contribution in [3.63, 3.8) is 0 Å². The van der Waals surface area contributed by atoms with Gasteiger partial charge < -0.3 is 19.9 Å². The van der Waals surface area contributed by atoms with Gasteiger partial charge in [-0.3, -0.25) is 9.59 Å². The number of aliphatic carboxylic acids is 1. The molecule has 134 valence electrons. The second kappa shape index (κ2) is 7.41. The molecule has 0 spiro atoms. The molecule has 0 aliphatic heterocycles. The van der Waals surface area contributed by atoms with Gasteiger partial charge in [-0.1, -0.05) is 6.07 Å². The van der Waals surface area contributed by atoms with Crippen molar-refractivity contribution in [2.75, 3.05) is 20.8 Å². The maximum atomic E-state index is 12.2. The maximum Gasteiger partial charge on any atom is 0.471 e. The SMILES string of the molecule is COc1ccc(CC(C)(CNC(=O)C(F)(F)F)C(=O)O)cc1OC. The summed E-state index contributed by atoms with van der Waals surface area (Å²) >= 11 is 0. The number of amides is 1. The van der Waals surface area contributed by atoms with Gasteiger partial charge >= 0.3 is 18.1 Å². The van der Waals surface area contributed by atoms with Crippen molar-refractivity contribution < 1.29 is 37.3 Å². The smallest absolute Gasteiger partial charge is 0.471 e. The predicted molar refractivity (Wildman–Crippen MR) is 78.1 cm³/mol. The summed E-state index contributed by atoms with van der Waals surface area (Å²) < 4.78 is 46.9. The van der Waals surface area contributed by atoms with Crippen molar-refractivity contribution in [3.05, 3.63) is 23.8 Å². The number of carbonyl (C=O) groups is 2. The number of benzene rings is 1. The molecule has 0 aliphatic rings. The van der Waals surface area contributed by atoms with Gasteiger partial charge in [0.05, 0.1) is 19.6 Å². The van der Waals surface area contributed by atoms with Crippen molar-refractivity contribution >= 4 is 11.9 Å². The molecule has 1 aromatic carbocycles. The summed E-state index contributed by atoms with van der Waals surface area (Å²) in [5.41, 5.74) is -1.11. The molecule has 2 N–H and O–H groups in total. The normalized spacial score (nSPS) is 13.8. The minimum absolute atomic E-state index is 0.110. The molecule has 0 saturated carbocycles. The summed E-state index contributed by atoms with van der Waals surface area (Å²) in [6.07, 6.45) is -5.18. The van der Waals surface area contributed by atoms with E-state index in [0.29, 0.717) is 17.1 Å². The lowest BCUT2D eigenvalue weighted by Crippen LogP contribution is -2.46. The molecule has 6 nitrogen and oxygen atoms in total. The van der Waals surface area contributed by atoms with Crippen LogP contribution in [0.4, 0.5) is 13.2 Å². The maximum absolute atomic E-state index is 12.2. The molecule has 1 unspecified atom stereocenters. The topological polar surface area (TPSA) is 84.9 Å². The predicted octanol–water partition coefficient (Wildman–Crippen LogP) is 2.02. The molecule has 0 heterocycles. The highest BCUT2D eigenvalue weighted by Crippen LogP contribution is 2.31. The third kappa shape index (κ3) is 4.77. The first-order valence-corrected chi connectivity index (χ1v) is 6.83. The van der Waals surface area contributed by atoms with Gasteiger partial charge in [-0.05, 0) is 31.0 Å². The van der Waals surface area contributed by atoms with E-state index in [9.17, 15) is 27.9 Å². The lowest BCUT2D eigenvalue weighted by Gasteiger charge is -2.26. The first-order chi connectivity index (χ1) is 11.0. The van der Waals surface area contributed by atoms with Crippen LogP contribution >= 0.6 is 0 Å². The molecular weight excluding hydrogens is 331 g/mol. The van der Waals surface area contributed by atoms with Gasteiger partial charge in [0.15, 0.2) is 11.5 Å². The summed E-state index contributed by atoms with van der Waals surface area (Å²) in [6.45, 7) is 0.581. The molecule has 9 heteroatoms. The lowest BCUT2D eigenvalue weighted by atomic mass is 9.83. The number of halogens is 3. The molecular formula is C15H18F3NO5. The summed E-state index contributed by atoms with van der Waals surface area (Å²) in [7, 11) is 2.84. The Morgan fingerprint density at radius 3 is 2.21 bits per heavy atom. The molecule has 24 heavy (non-hydrogen) atoms. The number of nitrogens with one attached hydrogen (secondary N) is 1. The van der Waals surface area contributed by atoms with Crippen LogP contribution in [0.25, 0.3) is 0 Å². The Morgan fingerprint density at radius 2 is 1.75 bits per heavy atom. The molecule has 0 aliphatic carbocycles. The zero-order valence-corrected chi connectivity index (χ0v) is 13.4. The Bertz CT molecular complexity index is 618. The van der Waals surface area contributed by atoms with E-state index in [1.54, 1.807) is 17.4 Å². The second-order valence-corrected chi connectivity index (χ2v) is 5.41. The number of alkyl halides is 3. The fourth-order valence-electron chi connectivity index (χ4n) is 2.03. The average molecular weight is 349 g/mol. The van der Waals surface area contributed by atoms with Gasteiger partial charge in [0.25, 0.3) is 0 Å². The number of hydrogen-bond donors (Lipinski definition) is 2. The molecule has 1 aromatic rings. The number of carboxylic acid groups (broad SMARTS) is 1. The second-order valence-electron chi connectivity index (χ2n) is 5.41. The van der Waals surface area contributed by atoms with E-state index in [4.69, 9.17) is 9.47 Å². The average Bonchev–Trinajstić information content (AvgIpc) is 2.51. The van der Waals surface area contributed by atoms with Gasteiger partial charge in [0.2, 0.25) is 0 Å². The van der Waals surface area contributed by atoms with E-state index in [1.807, 2.05) is 0 Å². The zero-order chi connectivity index (χ0) is 18.5. The molecule has 1 amide bonds. The van der Waals surface area contributed by atoms with Gasteiger partial charge in [0.1, 0.15) is 0 Å². The van der Waals surface area contributed by atoms with E-state index < -0.39 is 30.0 Å². The molecule has 0 bridgehead atoms. The first kappa shape index (κ1) is 19.6. The highest BCUT2D eigenvalue weighted by Gasteiger charge is 2.41. The van der Waals surface area contributed by atoms with Crippen LogP contribution in [-0.2, 0) is 16.0 Å². The lowest BCUT2D eigenvalue weighted by molar-refractivity contribution is -0.174. The number of methoxy groups -OCH3 is 2. The Balaban J connectivity index is 2.96. The number of ether oxygens (including phenoxy) is 2. The Hall–Kier alpha value is -2.45. The summed E-state index contributed by atoms with van der Waals surface area (Å²) in [5, 5.41) is 11.0. The van der Waals surface area contributed by atoms with Crippen LogP contribution in [0.15, 0.2) is 18.2 Å². The summed E-state index contributed by atoms with van der Waals surface area (Å²) in [5.74, 6) is -2.72. The number of carboxylic acids is 1. The minimum Gasteiger partial charge on any atom is -0.493 e. The Morgan fingerprint density at radius 1 is 1.17 bits per heavy atom. The quantitative estimate of drug-likeness (QED) is 0.787. The number of carbonyl (C=O) groups excluding carboxylic acids is 1. The van der Waals surface area contributed by atoms with Crippen LogP contribution in [0.5, 0.6) is 11.5 Å². The highest BCUT2D eigenvalue weighted by molar-refractivity contribution is 5.83. The Labute approximate surface area is 136 Å². The largest absolute Gasteiger partial charge is 0.493 e. The molecule has 1 atom stereocenters. The van der Waals surface area contributed by atoms with Crippen LogP contribution in [0, 0.1) is 5.41 Å². The Kier molecular flexibility index (Phi) is 6.05. The zero-order valence-electron chi connectivity index (χ0n) is 13.4. The van der Waals surface area contributed by atoms with Gasteiger partial charge in [-0.2, -0.15) is 13.2 Å². The third-order valence-electron chi connectivity index (χ3n) is 3.46. The first-order valence-electron chi connectivity index (χ1n) is 6.83. The van der Waals surface area contributed by atoms with Crippen LogP contribution in [0.1, 0.15) is 12.5 Å². The fourth-order valence-corrected chi connectivity index (χ4v) is 2.03. The number of rotatable bonds is 7. The van der Waals surface area contributed by atoms with E-state index in [1.165, 1.54) is 27.2 Å². The monoisotopic (exact) mass is 349 g/mol. The van der Waals surface area contributed by atoms with Crippen LogP contribution in [0.2, 0.25) is 0 Å².